The fourth-order valence-electron chi connectivity index (χ4n) is 1.41. The van der Waals surface area contributed by atoms with Crippen LogP contribution in [0.5, 0.6) is 0 Å². The van der Waals surface area contributed by atoms with Crippen molar-refractivity contribution in [3.05, 3.63) is 17.0 Å². The van der Waals surface area contributed by atoms with Gasteiger partial charge in [0.15, 0.2) is 5.69 Å². The smallest absolute Gasteiger partial charge is 0.253 e. The zero-order valence-electron chi connectivity index (χ0n) is 9.33. The van der Waals surface area contributed by atoms with E-state index in [2.05, 4.69) is 5.10 Å². The second-order valence-electron chi connectivity index (χ2n) is 4.37. The molecule has 1 aromatic heterocycles. The lowest BCUT2D eigenvalue weighted by Crippen LogP contribution is -2.25. The number of primary amides is 1. The highest BCUT2D eigenvalue weighted by molar-refractivity contribution is 5.96. The van der Waals surface area contributed by atoms with Gasteiger partial charge < -0.3 is 5.73 Å². The van der Waals surface area contributed by atoms with Crippen molar-refractivity contribution in [2.24, 2.45) is 5.73 Å². The van der Waals surface area contributed by atoms with Crippen LogP contribution in [0, 0.1) is 18.3 Å². The highest BCUT2D eigenvalue weighted by Crippen LogP contribution is 2.20. The third-order valence-corrected chi connectivity index (χ3v) is 2.05. The summed E-state index contributed by atoms with van der Waals surface area (Å²) in [4.78, 5) is 11.2. The van der Waals surface area contributed by atoms with Crippen molar-refractivity contribution in [1.82, 2.24) is 9.78 Å². The molecule has 1 rings (SSSR count). The van der Waals surface area contributed by atoms with Crippen LogP contribution in [0.3, 0.4) is 0 Å². The first kappa shape index (κ1) is 11.2. The molecule has 0 saturated heterocycles. The maximum absolute atomic E-state index is 11.2. The molecule has 1 amide bonds. The van der Waals surface area contributed by atoms with E-state index >= 15 is 0 Å². The Balaban J connectivity index is 3.54. The van der Waals surface area contributed by atoms with Crippen molar-refractivity contribution in [3.8, 4) is 6.07 Å². The van der Waals surface area contributed by atoms with Crippen molar-refractivity contribution >= 4 is 5.91 Å². The quantitative estimate of drug-likeness (QED) is 0.741. The van der Waals surface area contributed by atoms with Gasteiger partial charge in [0.25, 0.3) is 5.91 Å². The zero-order chi connectivity index (χ0) is 11.8. The van der Waals surface area contributed by atoms with Gasteiger partial charge in [-0.15, -0.1) is 0 Å². The largest absolute Gasteiger partial charge is 0.365 e. The van der Waals surface area contributed by atoms with E-state index in [1.54, 1.807) is 6.92 Å². The van der Waals surface area contributed by atoms with Gasteiger partial charge in [-0.2, -0.15) is 10.4 Å². The van der Waals surface area contributed by atoms with Crippen LogP contribution in [0.2, 0.25) is 0 Å². The van der Waals surface area contributed by atoms with Crippen LogP contribution in [-0.2, 0) is 5.54 Å². The van der Waals surface area contributed by atoms with E-state index < -0.39 is 5.91 Å². The van der Waals surface area contributed by atoms with Gasteiger partial charge in [0.1, 0.15) is 6.07 Å². The number of rotatable bonds is 1. The van der Waals surface area contributed by atoms with Crippen LogP contribution >= 0.6 is 0 Å². The van der Waals surface area contributed by atoms with E-state index in [-0.39, 0.29) is 16.8 Å². The lowest BCUT2D eigenvalue weighted by atomic mass is 10.1. The molecule has 0 aromatic carbocycles. The Hall–Kier alpha value is -1.83. The number of carbonyl (C=O) groups is 1. The molecule has 0 bridgehead atoms. The number of nitriles is 1. The van der Waals surface area contributed by atoms with Crippen LogP contribution in [0.4, 0.5) is 0 Å². The summed E-state index contributed by atoms with van der Waals surface area (Å²) in [6.07, 6.45) is 0. The lowest BCUT2D eigenvalue weighted by molar-refractivity contribution is 0.0999. The molecule has 0 radical (unpaired) electrons. The molecule has 1 aromatic rings. The summed E-state index contributed by atoms with van der Waals surface area (Å²) in [5.74, 6) is -0.612. The fraction of sp³-hybridized carbons (Fsp3) is 0.500. The molecule has 80 valence electrons. The molecule has 5 nitrogen and oxygen atoms in total. The predicted octanol–water partition coefficient (Wildman–Crippen LogP) is 0.917. The second-order valence-corrected chi connectivity index (χ2v) is 4.37. The molecule has 0 aliphatic rings. The second kappa shape index (κ2) is 3.39. The van der Waals surface area contributed by atoms with Gasteiger partial charge in [-0.1, -0.05) is 0 Å². The lowest BCUT2D eigenvalue weighted by Gasteiger charge is -2.20. The van der Waals surface area contributed by atoms with E-state index in [9.17, 15) is 4.79 Å². The molecule has 0 spiro atoms. The number of hydrogen-bond donors (Lipinski definition) is 1. The highest BCUT2D eigenvalue weighted by atomic mass is 16.1. The molecule has 0 unspecified atom stereocenters. The van der Waals surface area contributed by atoms with E-state index in [1.165, 1.54) is 4.68 Å². The number of amides is 1. The molecule has 0 saturated carbocycles. The summed E-state index contributed by atoms with van der Waals surface area (Å²) in [7, 11) is 0. The standard InChI is InChI=1S/C10H14N4O/c1-6-8(9(12)15)7(5-11)14(13-6)10(2,3)4/h1-4H3,(H2,12,15). The summed E-state index contributed by atoms with van der Waals surface area (Å²) < 4.78 is 1.53. The maximum atomic E-state index is 11.2. The maximum Gasteiger partial charge on any atom is 0.253 e. The average molecular weight is 206 g/mol. The van der Waals surface area contributed by atoms with Crippen molar-refractivity contribution in [2.75, 3.05) is 0 Å². The highest BCUT2D eigenvalue weighted by Gasteiger charge is 2.25. The predicted molar refractivity (Wildman–Crippen MR) is 55.2 cm³/mol. The molecule has 15 heavy (non-hydrogen) atoms. The first-order valence-electron chi connectivity index (χ1n) is 4.59. The third-order valence-electron chi connectivity index (χ3n) is 2.05. The average Bonchev–Trinajstić information content (AvgIpc) is 2.41. The topological polar surface area (TPSA) is 84.7 Å². The van der Waals surface area contributed by atoms with Crippen LogP contribution in [0.1, 0.15) is 42.5 Å². The molecule has 1 heterocycles. The minimum absolute atomic E-state index is 0.215. The molecule has 0 aliphatic carbocycles. The number of aryl methyl sites for hydroxylation is 1. The van der Waals surface area contributed by atoms with Crippen LogP contribution in [-0.4, -0.2) is 15.7 Å². The third kappa shape index (κ3) is 1.84. The Morgan fingerprint density at radius 3 is 2.40 bits per heavy atom. The van der Waals surface area contributed by atoms with Crippen LogP contribution in [0.15, 0.2) is 0 Å². The molecule has 0 fully saturated rings. The molecule has 2 N–H and O–H groups in total. The van der Waals surface area contributed by atoms with Gasteiger partial charge >= 0.3 is 0 Å². The molecule has 0 atom stereocenters. The van der Waals surface area contributed by atoms with Gasteiger partial charge in [-0.05, 0) is 27.7 Å². The molecular formula is C10H14N4O. The Morgan fingerprint density at radius 1 is 1.53 bits per heavy atom. The summed E-state index contributed by atoms with van der Waals surface area (Å²) in [6, 6.07) is 1.97. The van der Waals surface area contributed by atoms with Crippen molar-refractivity contribution in [1.29, 1.82) is 5.26 Å². The van der Waals surface area contributed by atoms with Gasteiger partial charge in [-0.25, -0.2) is 4.68 Å². The first-order chi connectivity index (χ1) is 6.79. The number of hydrogen-bond acceptors (Lipinski definition) is 3. The Kier molecular flexibility index (Phi) is 2.54. The van der Waals surface area contributed by atoms with Crippen LogP contribution in [0.25, 0.3) is 0 Å². The van der Waals surface area contributed by atoms with Crippen molar-refractivity contribution in [2.45, 2.75) is 33.2 Å². The summed E-state index contributed by atoms with van der Waals surface area (Å²) >= 11 is 0. The van der Waals surface area contributed by atoms with E-state index in [0.29, 0.717) is 5.69 Å². The summed E-state index contributed by atoms with van der Waals surface area (Å²) in [5.41, 5.74) is 5.80. The fourth-order valence-corrected chi connectivity index (χ4v) is 1.41. The summed E-state index contributed by atoms with van der Waals surface area (Å²) in [6.45, 7) is 7.39. The van der Waals surface area contributed by atoms with Crippen molar-refractivity contribution < 1.29 is 4.79 Å². The Bertz CT molecular complexity index is 445. The monoisotopic (exact) mass is 206 g/mol. The molecule has 0 aliphatic heterocycles. The first-order valence-corrected chi connectivity index (χ1v) is 4.59. The van der Waals surface area contributed by atoms with Gasteiger partial charge in [-0.3, -0.25) is 4.79 Å². The normalized spacial score (nSPS) is 11.1. The number of carbonyl (C=O) groups excluding carboxylic acids is 1. The summed E-state index contributed by atoms with van der Waals surface area (Å²) in [5, 5.41) is 13.2. The number of nitrogens with two attached hydrogens (primary N) is 1. The van der Waals surface area contributed by atoms with E-state index in [1.807, 2.05) is 26.8 Å². The molecular weight excluding hydrogens is 192 g/mol. The minimum Gasteiger partial charge on any atom is -0.365 e. The minimum atomic E-state index is -0.612. The Labute approximate surface area is 88.5 Å². The van der Waals surface area contributed by atoms with E-state index in [4.69, 9.17) is 11.0 Å². The zero-order valence-corrected chi connectivity index (χ0v) is 9.33. The molecule has 5 heteroatoms. The van der Waals surface area contributed by atoms with Gasteiger partial charge in [0, 0.05) is 0 Å². The SMILES string of the molecule is Cc1nn(C(C)(C)C)c(C#N)c1C(N)=O. The number of nitrogens with zero attached hydrogens (tertiary/aromatic N) is 3. The van der Waals surface area contributed by atoms with E-state index in [0.717, 1.165) is 0 Å². The Morgan fingerprint density at radius 2 is 2.07 bits per heavy atom. The van der Waals surface area contributed by atoms with Gasteiger partial charge in [0.05, 0.1) is 16.8 Å². The van der Waals surface area contributed by atoms with Crippen molar-refractivity contribution in [3.63, 3.8) is 0 Å². The number of aromatic nitrogens is 2. The van der Waals surface area contributed by atoms with Gasteiger partial charge in [0.2, 0.25) is 0 Å². The van der Waals surface area contributed by atoms with Crippen LogP contribution < -0.4 is 5.73 Å².